The molecule has 1 amide bonds. The van der Waals surface area contributed by atoms with Crippen LogP contribution in [0.1, 0.15) is 45.2 Å². The molecule has 25 heavy (non-hydrogen) atoms. The highest BCUT2D eigenvalue weighted by molar-refractivity contribution is 5.86. The maximum absolute atomic E-state index is 12.0. The van der Waals surface area contributed by atoms with Gasteiger partial charge in [-0.25, -0.2) is 0 Å². The summed E-state index contributed by atoms with van der Waals surface area (Å²) >= 11 is 0. The van der Waals surface area contributed by atoms with Gasteiger partial charge in [0.15, 0.2) is 0 Å². The number of nitrogens with one attached hydrogen (secondary N) is 1. The first-order valence-electron chi connectivity index (χ1n) is 8.62. The molecule has 1 aromatic carbocycles. The Hall–Kier alpha value is -0.810. The number of rotatable bonds is 5. The molecule has 144 valence electrons. The second-order valence-corrected chi connectivity index (χ2v) is 7.81. The molecule has 3 N–H and O–H groups in total. The van der Waals surface area contributed by atoms with Crippen LogP contribution in [0.2, 0.25) is 0 Å². The predicted molar refractivity (Wildman–Crippen MR) is 109 cm³/mol. The quantitative estimate of drug-likeness (QED) is 0.811. The normalized spacial score (nSPS) is 21.0. The summed E-state index contributed by atoms with van der Waals surface area (Å²) in [6, 6.07) is 8.36. The number of benzene rings is 1. The van der Waals surface area contributed by atoms with Gasteiger partial charge in [-0.1, -0.05) is 38.1 Å². The fourth-order valence-corrected chi connectivity index (χ4v) is 3.45. The number of carbonyl (C=O) groups is 1. The topological polar surface area (TPSA) is 58.4 Å². The Bertz CT molecular complexity index is 536. The Morgan fingerprint density at radius 2 is 1.68 bits per heavy atom. The van der Waals surface area contributed by atoms with Crippen LogP contribution < -0.4 is 11.1 Å². The zero-order valence-corrected chi connectivity index (χ0v) is 17.4. The third-order valence-corrected chi connectivity index (χ3v) is 4.48. The maximum atomic E-state index is 12.0. The number of nitrogens with zero attached hydrogens (tertiary/aromatic N) is 1. The molecule has 0 spiro atoms. The molecule has 0 radical (unpaired) electrons. The molecule has 2 rings (SSSR count). The fraction of sp³-hybridized carbons (Fsp3) is 0.632. The first-order chi connectivity index (χ1) is 10.8. The standard InChI is InChI=1S/C19H31N3O.2ClH/c1-14-9-15(2)12-22(11-14)13-17-8-6-5-7-16(17)10-21-18(23)19(3,4)20;;/h5-8,14-15H,9-13,20H2,1-4H3,(H,21,23);2*1H. The molecule has 2 atom stereocenters. The first-order valence-corrected chi connectivity index (χ1v) is 8.62. The minimum atomic E-state index is -0.841. The van der Waals surface area contributed by atoms with Gasteiger partial charge in [-0.05, 0) is 43.2 Å². The van der Waals surface area contributed by atoms with E-state index in [1.165, 1.54) is 17.5 Å². The lowest BCUT2D eigenvalue weighted by molar-refractivity contribution is -0.125. The predicted octanol–water partition coefficient (Wildman–Crippen LogP) is 3.36. The van der Waals surface area contributed by atoms with Crippen molar-refractivity contribution in [2.45, 2.75) is 52.7 Å². The Labute approximate surface area is 164 Å². The van der Waals surface area contributed by atoms with Crippen LogP contribution in [0.5, 0.6) is 0 Å². The number of halogens is 2. The van der Waals surface area contributed by atoms with Crippen LogP contribution in [0.3, 0.4) is 0 Å². The summed E-state index contributed by atoms with van der Waals surface area (Å²) in [5.74, 6) is 1.39. The number of hydrogen-bond acceptors (Lipinski definition) is 3. The summed E-state index contributed by atoms with van der Waals surface area (Å²) in [7, 11) is 0. The highest BCUT2D eigenvalue weighted by Gasteiger charge is 2.23. The van der Waals surface area contributed by atoms with Crippen molar-refractivity contribution in [1.29, 1.82) is 0 Å². The summed E-state index contributed by atoms with van der Waals surface area (Å²) in [6.45, 7) is 11.9. The van der Waals surface area contributed by atoms with Gasteiger partial charge in [0, 0.05) is 26.2 Å². The van der Waals surface area contributed by atoms with Gasteiger partial charge in [-0.2, -0.15) is 0 Å². The van der Waals surface area contributed by atoms with Gasteiger partial charge in [0.05, 0.1) is 5.54 Å². The summed E-state index contributed by atoms with van der Waals surface area (Å²) in [5, 5.41) is 2.95. The molecule has 6 heteroatoms. The van der Waals surface area contributed by atoms with Crippen LogP contribution in [-0.4, -0.2) is 29.4 Å². The molecule has 0 aliphatic carbocycles. The van der Waals surface area contributed by atoms with E-state index in [4.69, 9.17) is 5.73 Å². The van der Waals surface area contributed by atoms with Crippen molar-refractivity contribution in [3.63, 3.8) is 0 Å². The van der Waals surface area contributed by atoms with E-state index in [0.717, 1.165) is 31.5 Å². The molecular formula is C19H33Cl2N3O. The zero-order valence-electron chi connectivity index (χ0n) is 15.7. The third-order valence-electron chi connectivity index (χ3n) is 4.48. The van der Waals surface area contributed by atoms with Crippen molar-refractivity contribution in [1.82, 2.24) is 10.2 Å². The molecule has 1 heterocycles. The molecule has 0 saturated carbocycles. The Morgan fingerprint density at radius 1 is 1.16 bits per heavy atom. The average molecular weight is 390 g/mol. The summed E-state index contributed by atoms with van der Waals surface area (Å²) in [5.41, 5.74) is 7.47. The van der Waals surface area contributed by atoms with E-state index < -0.39 is 5.54 Å². The summed E-state index contributed by atoms with van der Waals surface area (Å²) < 4.78 is 0. The van der Waals surface area contributed by atoms with Crippen molar-refractivity contribution in [2.75, 3.05) is 13.1 Å². The van der Waals surface area contributed by atoms with Crippen LogP contribution in [-0.2, 0) is 17.9 Å². The molecule has 1 aliphatic rings. The van der Waals surface area contributed by atoms with E-state index in [1.807, 2.05) is 6.07 Å². The van der Waals surface area contributed by atoms with E-state index in [-0.39, 0.29) is 30.7 Å². The third kappa shape index (κ3) is 7.53. The minimum Gasteiger partial charge on any atom is -0.350 e. The van der Waals surface area contributed by atoms with Gasteiger partial charge < -0.3 is 11.1 Å². The molecule has 4 nitrogen and oxygen atoms in total. The van der Waals surface area contributed by atoms with Gasteiger partial charge in [-0.3, -0.25) is 9.69 Å². The minimum absolute atomic E-state index is 0. The van der Waals surface area contributed by atoms with E-state index in [2.05, 4.69) is 42.3 Å². The number of amides is 1. The molecule has 0 bridgehead atoms. The zero-order chi connectivity index (χ0) is 17.0. The van der Waals surface area contributed by atoms with E-state index in [0.29, 0.717) is 6.54 Å². The van der Waals surface area contributed by atoms with Crippen LogP contribution in [0.25, 0.3) is 0 Å². The van der Waals surface area contributed by atoms with Crippen LogP contribution in [0, 0.1) is 11.8 Å². The Balaban J connectivity index is 0.00000288. The molecule has 1 aromatic rings. The largest absolute Gasteiger partial charge is 0.350 e. The van der Waals surface area contributed by atoms with Crippen LogP contribution in [0.4, 0.5) is 0 Å². The van der Waals surface area contributed by atoms with Crippen molar-refractivity contribution in [3.05, 3.63) is 35.4 Å². The summed E-state index contributed by atoms with van der Waals surface area (Å²) in [6.07, 6.45) is 1.32. The molecule has 0 aromatic heterocycles. The SMILES string of the molecule is CC1CC(C)CN(Cc2ccccc2CNC(=O)C(C)(C)N)C1.Cl.Cl. The van der Waals surface area contributed by atoms with E-state index in [1.54, 1.807) is 13.8 Å². The second-order valence-electron chi connectivity index (χ2n) is 7.81. The highest BCUT2D eigenvalue weighted by atomic mass is 35.5. The van der Waals surface area contributed by atoms with E-state index in [9.17, 15) is 4.79 Å². The van der Waals surface area contributed by atoms with Crippen molar-refractivity contribution < 1.29 is 4.79 Å². The Morgan fingerprint density at radius 3 is 2.20 bits per heavy atom. The number of nitrogens with two attached hydrogens (primary N) is 1. The molecule has 2 unspecified atom stereocenters. The second kappa shape index (κ2) is 10.4. The van der Waals surface area contributed by atoms with Crippen LogP contribution in [0.15, 0.2) is 24.3 Å². The lowest BCUT2D eigenvalue weighted by atomic mass is 9.91. The van der Waals surface area contributed by atoms with Gasteiger partial charge in [-0.15, -0.1) is 24.8 Å². The number of likely N-dealkylation sites (tertiary alicyclic amines) is 1. The molecular weight excluding hydrogens is 357 g/mol. The first kappa shape index (κ1) is 24.2. The Kier molecular flexibility index (Phi) is 10.0. The van der Waals surface area contributed by atoms with Crippen molar-refractivity contribution in [2.24, 2.45) is 17.6 Å². The van der Waals surface area contributed by atoms with Crippen LogP contribution >= 0.6 is 24.8 Å². The van der Waals surface area contributed by atoms with Gasteiger partial charge in [0.2, 0.25) is 5.91 Å². The molecule has 1 saturated heterocycles. The fourth-order valence-electron chi connectivity index (χ4n) is 3.45. The molecule has 1 aliphatic heterocycles. The van der Waals surface area contributed by atoms with E-state index >= 15 is 0 Å². The monoisotopic (exact) mass is 389 g/mol. The average Bonchev–Trinajstić information content (AvgIpc) is 2.44. The highest BCUT2D eigenvalue weighted by Crippen LogP contribution is 2.23. The maximum Gasteiger partial charge on any atom is 0.239 e. The smallest absolute Gasteiger partial charge is 0.239 e. The summed E-state index contributed by atoms with van der Waals surface area (Å²) in [4.78, 5) is 14.5. The van der Waals surface area contributed by atoms with Crippen molar-refractivity contribution >= 4 is 30.7 Å². The van der Waals surface area contributed by atoms with Gasteiger partial charge in [0.25, 0.3) is 0 Å². The van der Waals surface area contributed by atoms with Crippen molar-refractivity contribution in [3.8, 4) is 0 Å². The number of piperidine rings is 1. The lowest BCUT2D eigenvalue weighted by Gasteiger charge is -2.35. The van der Waals surface area contributed by atoms with Gasteiger partial charge >= 0.3 is 0 Å². The van der Waals surface area contributed by atoms with Gasteiger partial charge in [0.1, 0.15) is 0 Å². The number of carbonyl (C=O) groups excluding carboxylic acids is 1. The number of hydrogen-bond donors (Lipinski definition) is 2. The molecule has 1 fully saturated rings. The lowest BCUT2D eigenvalue weighted by Crippen LogP contribution is -2.48.